The van der Waals surface area contributed by atoms with Crippen LogP contribution in [0.2, 0.25) is 0 Å². The smallest absolute Gasteiger partial charge is 0.239 e. The number of hydrogen-bond acceptors (Lipinski definition) is 3. The van der Waals surface area contributed by atoms with Crippen LogP contribution in [0.15, 0.2) is 0 Å². The van der Waals surface area contributed by atoms with E-state index in [9.17, 15) is 4.79 Å². The van der Waals surface area contributed by atoms with E-state index in [4.69, 9.17) is 5.11 Å². The van der Waals surface area contributed by atoms with E-state index in [1.165, 1.54) is 6.42 Å². The average molecular weight is 226 g/mol. The van der Waals surface area contributed by atoms with E-state index in [2.05, 4.69) is 5.32 Å². The fourth-order valence-corrected chi connectivity index (χ4v) is 2.62. The van der Waals surface area contributed by atoms with Gasteiger partial charge in [0.2, 0.25) is 5.91 Å². The van der Waals surface area contributed by atoms with Gasteiger partial charge >= 0.3 is 0 Å². The lowest BCUT2D eigenvalue weighted by atomic mass is 9.96. The molecule has 2 N–H and O–H groups in total. The Bertz CT molecular complexity index is 231. The van der Waals surface area contributed by atoms with Crippen molar-refractivity contribution in [2.24, 2.45) is 5.92 Å². The van der Waals surface area contributed by atoms with E-state index >= 15 is 0 Å². The van der Waals surface area contributed by atoms with Gasteiger partial charge in [-0.15, -0.1) is 0 Å². The monoisotopic (exact) mass is 226 g/mol. The van der Waals surface area contributed by atoms with Crippen molar-refractivity contribution in [3.63, 3.8) is 0 Å². The Kier molecular flexibility index (Phi) is 4.18. The van der Waals surface area contributed by atoms with E-state index in [1.807, 2.05) is 4.90 Å². The molecule has 2 aliphatic rings. The van der Waals surface area contributed by atoms with Crippen molar-refractivity contribution in [3.8, 4) is 0 Å². The minimum atomic E-state index is 0.0550. The van der Waals surface area contributed by atoms with Crippen LogP contribution in [0.1, 0.15) is 32.1 Å². The number of amides is 1. The molecular weight excluding hydrogens is 204 g/mol. The van der Waals surface area contributed by atoms with Crippen LogP contribution in [0, 0.1) is 5.92 Å². The molecule has 2 fully saturated rings. The summed E-state index contributed by atoms with van der Waals surface area (Å²) >= 11 is 0. The van der Waals surface area contributed by atoms with Gasteiger partial charge in [0.25, 0.3) is 0 Å². The summed E-state index contributed by atoms with van der Waals surface area (Å²) in [5.74, 6) is 0.680. The molecule has 0 spiro atoms. The molecule has 0 aromatic heterocycles. The van der Waals surface area contributed by atoms with E-state index in [0.717, 1.165) is 45.3 Å². The number of hydrogen-bond donors (Lipinski definition) is 2. The fraction of sp³-hybridized carbons (Fsp3) is 0.917. The summed E-state index contributed by atoms with van der Waals surface area (Å²) in [6.45, 7) is 2.89. The number of nitrogens with one attached hydrogen (secondary N) is 1. The molecule has 0 aromatic rings. The van der Waals surface area contributed by atoms with Crippen LogP contribution >= 0.6 is 0 Å². The minimum absolute atomic E-state index is 0.0550. The molecule has 2 aliphatic heterocycles. The molecule has 2 heterocycles. The molecule has 4 nitrogen and oxygen atoms in total. The molecule has 2 rings (SSSR count). The average Bonchev–Trinajstić information content (AvgIpc) is 2.39. The Morgan fingerprint density at radius 3 is 2.56 bits per heavy atom. The molecule has 0 radical (unpaired) electrons. The van der Waals surface area contributed by atoms with Crippen molar-refractivity contribution in [3.05, 3.63) is 0 Å². The zero-order valence-electron chi connectivity index (χ0n) is 9.82. The van der Waals surface area contributed by atoms with E-state index in [1.54, 1.807) is 0 Å². The maximum Gasteiger partial charge on any atom is 0.239 e. The highest BCUT2D eigenvalue weighted by Crippen LogP contribution is 2.18. The summed E-state index contributed by atoms with van der Waals surface area (Å²) in [5.41, 5.74) is 0. The quantitative estimate of drug-likeness (QED) is 0.715. The van der Waals surface area contributed by atoms with Crippen molar-refractivity contribution in [1.82, 2.24) is 10.2 Å². The third-order valence-electron chi connectivity index (χ3n) is 3.79. The van der Waals surface area contributed by atoms with Crippen LogP contribution in [-0.4, -0.2) is 48.2 Å². The third kappa shape index (κ3) is 2.74. The second kappa shape index (κ2) is 5.64. The number of piperidine rings is 2. The minimum Gasteiger partial charge on any atom is -0.396 e. The second-order valence-electron chi connectivity index (χ2n) is 4.95. The summed E-state index contributed by atoms with van der Waals surface area (Å²) in [6.07, 6.45) is 5.25. The predicted molar refractivity (Wildman–Crippen MR) is 62.0 cm³/mol. The Morgan fingerprint density at radius 2 is 2.00 bits per heavy atom. The number of rotatable bonds is 2. The highest BCUT2D eigenvalue weighted by Gasteiger charge is 2.28. The van der Waals surface area contributed by atoms with Crippen LogP contribution in [0.4, 0.5) is 0 Å². The molecule has 0 saturated carbocycles. The molecule has 1 unspecified atom stereocenters. The van der Waals surface area contributed by atoms with Gasteiger partial charge in [0.15, 0.2) is 0 Å². The van der Waals surface area contributed by atoms with Crippen molar-refractivity contribution in [2.75, 3.05) is 26.2 Å². The molecule has 16 heavy (non-hydrogen) atoms. The molecule has 2 saturated heterocycles. The first kappa shape index (κ1) is 11.9. The maximum absolute atomic E-state index is 12.1. The number of carbonyl (C=O) groups is 1. The first-order chi connectivity index (χ1) is 7.81. The Balaban J connectivity index is 1.81. The molecule has 0 aliphatic carbocycles. The predicted octanol–water partition coefficient (Wildman–Crippen LogP) is 0.359. The van der Waals surface area contributed by atoms with Crippen molar-refractivity contribution < 1.29 is 9.90 Å². The van der Waals surface area contributed by atoms with E-state index < -0.39 is 0 Å². The van der Waals surface area contributed by atoms with Crippen molar-refractivity contribution >= 4 is 5.91 Å². The first-order valence-corrected chi connectivity index (χ1v) is 6.44. The Morgan fingerprint density at radius 1 is 1.25 bits per heavy atom. The molecule has 1 atom stereocenters. The van der Waals surface area contributed by atoms with Crippen molar-refractivity contribution in [1.29, 1.82) is 0 Å². The molecule has 0 aromatic carbocycles. The van der Waals surface area contributed by atoms with Crippen LogP contribution < -0.4 is 5.32 Å². The standard InChI is InChI=1S/C12H22N2O2/c15-9-10-4-7-14(8-5-10)12(16)11-3-1-2-6-13-11/h10-11,13,15H,1-9H2. The lowest BCUT2D eigenvalue weighted by Gasteiger charge is -2.35. The lowest BCUT2D eigenvalue weighted by Crippen LogP contribution is -2.50. The second-order valence-corrected chi connectivity index (χ2v) is 4.95. The van der Waals surface area contributed by atoms with Gasteiger partial charge in [-0.3, -0.25) is 4.79 Å². The van der Waals surface area contributed by atoms with Crippen molar-refractivity contribution in [2.45, 2.75) is 38.1 Å². The number of aliphatic hydroxyl groups excluding tert-OH is 1. The zero-order chi connectivity index (χ0) is 11.4. The Hall–Kier alpha value is -0.610. The largest absolute Gasteiger partial charge is 0.396 e. The molecular formula is C12H22N2O2. The van der Waals surface area contributed by atoms with E-state index in [-0.39, 0.29) is 18.6 Å². The SMILES string of the molecule is O=C(C1CCCCN1)N1CCC(CO)CC1. The highest BCUT2D eigenvalue weighted by atomic mass is 16.3. The normalized spacial score (nSPS) is 28.1. The molecule has 92 valence electrons. The molecule has 0 bridgehead atoms. The topological polar surface area (TPSA) is 52.6 Å². The number of aliphatic hydroxyl groups is 1. The number of carbonyl (C=O) groups excluding carboxylic acids is 1. The summed E-state index contributed by atoms with van der Waals surface area (Å²) in [5, 5.41) is 12.3. The lowest BCUT2D eigenvalue weighted by molar-refractivity contribution is -0.135. The summed E-state index contributed by atoms with van der Waals surface area (Å²) in [6, 6.07) is 0.0550. The van der Waals surface area contributed by atoms with Crippen LogP contribution in [0.25, 0.3) is 0 Å². The number of nitrogens with zero attached hydrogens (tertiary/aromatic N) is 1. The summed E-state index contributed by atoms with van der Waals surface area (Å²) in [7, 11) is 0. The highest BCUT2D eigenvalue weighted by molar-refractivity contribution is 5.82. The van der Waals surface area contributed by atoms with Gasteiger partial charge in [-0.1, -0.05) is 6.42 Å². The summed E-state index contributed by atoms with van der Waals surface area (Å²) in [4.78, 5) is 14.1. The molecule has 4 heteroatoms. The Labute approximate surface area is 97.0 Å². The zero-order valence-corrected chi connectivity index (χ0v) is 9.82. The summed E-state index contributed by atoms with van der Waals surface area (Å²) < 4.78 is 0. The first-order valence-electron chi connectivity index (χ1n) is 6.44. The number of likely N-dealkylation sites (tertiary alicyclic amines) is 1. The van der Waals surface area contributed by atoms with Gasteiger partial charge in [0.1, 0.15) is 0 Å². The van der Waals surface area contributed by atoms with Gasteiger partial charge in [-0.2, -0.15) is 0 Å². The van der Waals surface area contributed by atoms with Crippen LogP contribution in [0.5, 0.6) is 0 Å². The fourth-order valence-electron chi connectivity index (χ4n) is 2.62. The molecule has 1 amide bonds. The van der Waals surface area contributed by atoms with E-state index in [0.29, 0.717) is 5.92 Å². The maximum atomic E-state index is 12.1. The van der Waals surface area contributed by atoms with Gasteiger partial charge < -0.3 is 15.3 Å². The van der Waals surface area contributed by atoms with Gasteiger partial charge in [-0.05, 0) is 38.1 Å². The van der Waals surface area contributed by atoms with Gasteiger partial charge in [-0.25, -0.2) is 0 Å². The van der Waals surface area contributed by atoms with Gasteiger partial charge in [0, 0.05) is 19.7 Å². The third-order valence-corrected chi connectivity index (χ3v) is 3.79. The van der Waals surface area contributed by atoms with Gasteiger partial charge in [0.05, 0.1) is 6.04 Å². The van der Waals surface area contributed by atoms with Crippen LogP contribution in [0.3, 0.4) is 0 Å². The van der Waals surface area contributed by atoms with Crippen LogP contribution in [-0.2, 0) is 4.79 Å².